The molecule has 1 N–H and O–H groups in total. The third-order valence-corrected chi connectivity index (χ3v) is 6.31. The smallest absolute Gasteiger partial charge is 0.0406 e. The van der Waals surface area contributed by atoms with E-state index in [2.05, 4.69) is 71.4 Å². The van der Waals surface area contributed by atoms with E-state index in [0.29, 0.717) is 12.0 Å². The quantitative estimate of drug-likeness (QED) is 0.678. The fourth-order valence-corrected chi connectivity index (χ4v) is 4.43. The van der Waals surface area contributed by atoms with Crippen LogP contribution in [0.4, 0.5) is 0 Å². The normalized spacial score (nSPS) is 19.1. The SMILES string of the molecule is CCN(CC)CCN1CCNCC1C(Cc1ccccc1)c1ccc(Cl)cc1. The lowest BCUT2D eigenvalue weighted by atomic mass is 9.84. The van der Waals surface area contributed by atoms with Crippen LogP contribution in [0, 0.1) is 0 Å². The molecule has 1 saturated heterocycles. The molecule has 1 fully saturated rings. The van der Waals surface area contributed by atoms with Crippen molar-refractivity contribution in [3.8, 4) is 0 Å². The number of benzene rings is 2. The van der Waals surface area contributed by atoms with Gasteiger partial charge in [0, 0.05) is 49.7 Å². The van der Waals surface area contributed by atoms with Gasteiger partial charge < -0.3 is 10.2 Å². The van der Waals surface area contributed by atoms with Gasteiger partial charge in [-0.3, -0.25) is 4.90 Å². The van der Waals surface area contributed by atoms with Gasteiger partial charge in [0.05, 0.1) is 0 Å². The van der Waals surface area contributed by atoms with Crippen LogP contribution in [-0.4, -0.2) is 61.7 Å². The number of hydrogen-bond donors (Lipinski definition) is 1. The van der Waals surface area contributed by atoms with Gasteiger partial charge in [-0.1, -0.05) is 67.9 Å². The Labute approximate surface area is 175 Å². The van der Waals surface area contributed by atoms with Crippen LogP contribution in [-0.2, 0) is 6.42 Å². The Morgan fingerprint density at radius 3 is 2.46 bits per heavy atom. The van der Waals surface area contributed by atoms with Crippen molar-refractivity contribution in [2.75, 3.05) is 45.8 Å². The van der Waals surface area contributed by atoms with E-state index in [1.807, 2.05) is 12.1 Å². The van der Waals surface area contributed by atoms with Crippen LogP contribution in [0.15, 0.2) is 54.6 Å². The molecule has 2 unspecified atom stereocenters. The van der Waals surface area contributed by atoms with Crippen LogP contribution >= 0.6 is 11.6 Å². The summed E-state index contributed by atoms with van der Waals surface area (Å²) in [6, 6.07) is 19.9. The van der Waals surface area contributed by atoms with Crippen LogP contribution in [0.2, 0.25) is 5.02 Å². The molecule has 0 amide bonds. The lowest BCUT2D eigenvalue weighted by Gasteiger charge is -2.42. The van der Waals surface area contributed by atoms with Crippen molar-refractivity contribution in [1.29, 1.82) is 0 Å². The lowest BCUT2D eigenvalue weighted by Crippen LogP contribution is -2.55. The van der Waals surface area contributed by atoms with Gasteiger partial charge in [0.2, 0.25) is 0 Å². The summed E-state index contributed by atoms with van der Waals surface area (Å²) in [5, 5.41) is 4.45. The zero-order valence-electron chi connectivity index (χ0n) is 17.3. The predicted octanol–water partition coefficient (Wildman–Crippen LogP) is 4.28. The topological polar surface area (TPSA) is 18.5 Å². The molecule has 28 heavy (non-hydrogen) atoms. The van der Waals surface area contributed by atoms with E-state index in [9.17, 15) is 0 Å². The highest BCUT2D eigenvalue weighted by atomic mass is 35.5. The predicted molar refractivity (Wildman–Crippen MR) is 120 cm³/mol. The van der Waals surface area contributed by atoms with Crippen LogP contribution in [0.1, 0.15) is 30.9 Å². The molecule has 1 aliphatic heterocycles. The molecule has 0 radical (unpaired) electrons. The molecular formula is C24H34ClN3. The van der Waals surface area contributed by atoms with Crippen molar-refractivity contribution in [2.24, 2.45) is 0 Å². The second kappa shape index (κ2) is 11.0. The molecule has 1 aliphatic rings. The van der Waals surface area contributed by atoms with Gasteiger partial charge in [0.15, 0.2) is 0 Å². The Bertz CT molecular complexity index is 685. The van der Waals surface area contributed by atoms with Gasteiger partial charge in [0.25, 0.3) is 0 Å². The van der Waals surface area contributed by atoms with Crippen molar-refractivity contribution in [2.45, 2.75) is 32.2 Å². The van der Waals surface area contributed by atoms with E-state index < -0.39 is 0 Å². The van der Waals surface area contributed by atoms with Crippen LogP contribution in [0.3, 0.4) is 0 Å². The van der Waals surface area contributed by atoms with Gasteiger partial charge in [-0.2, -0.15) is 0 Å². The van der Waals surface area contributed by atoms with E-state index in [4.69, 9.17) is 11.6 Å². The summed E-state index contributed by atoms with van der Waals surface area (Å²) >= 11 is 6.18. The van der Waals surface area contributed by atoms with Gasteiger partial charge in [0.1, 0.15) is 0 Å². The van der Waals surface area contributed by atoms with Gasteiger partial charge in [-0.15, -0.1) is 0 Å². The number of hydrogen-bond acceptors (Lipinski definition) is 3. The summed E-state index contributed by atoms with van der Waals surface area (Å²) in [7, 11) is 0. The highest BCUT2D eigenvalue weighted by Gasteiger charge is 2.31. The molecule has 0 aromatic heterocycles. The minimum Gasteiger partial charge on any atom is -0.314 e. The number of piperazine rings is 1. The Kier molecular flexibility index (Phi) is 8.35. The van der Waals surface area contributed by atoms with Crippen LogP contribution in [0.5, 0.6) is 0 Å². The van der Waals surface area contributed by atoms with E-state index >= 15 is 0 Å². The molecule has 2 aromatic carbocycles. The molecule has 0 aliphatic carbocycles. The molecule has 4 heteroatoms. The molecule has 1 heterocycles. The second-order valence-electron chi connectivity index (χ2n) is 7.68. The zero-order chi connectivity index (χ0) is 19.8. The van der Waals surface area contributed by atoms with Crippen molar-refractivity contribution in [1.82, 2.24) is 15.1 Å². The number of likely N-dealkylation sites (N-methyl/N-ethyl adjacent to an activating group) is 1. The minimum absolute atomic E-state index is 0.448. The number of rotatable bonds is 9. The van der Waals surface area contributed by atoms with Crippen molar-refractivity contribution in [3.63, 3.8) is 0 Å². The summed E-state index contributed by atoms with van der Waals surface area (Å²) in [4.78, 5) is 5.23. The molecule has 3 rings (SSSR count). The Morgan fingerprint density at radius 2 is 1.79 bits per heavy atom. The zero-order valence-corrected chi connectivity index (χ0v) is 18.0. The summed E-state index contributed by atoms with van der Waals surface area (Å²) < 4.78 is 0. The van der Waals surface area contributed by atoms with Crippen LogP contribution in [0.25, 0.3) is 0 Å². The van der Waals surface area contributed by atoms with E-state index in [-0.39, 0.29) is 0 Å². The Hall–Kier alpha value is -1.39. The van der Waals surface area contributed by atoms with E-state index in [1.165, 1.54) is 11.1 Å². The van der Waals surface area contributed by atoms with Crippen molar-refractivity contribution in [3.05, 3.63) is 70.7 Å². The highest BCUT2D eigenvalue weighted by Crippen LogP contribution is 2.29. The lowest BCUT2D eigenvalue weighted by molar-refractivity contribution is 0.119. The monoisotopic (exact) mass is 399 g/mol. The first-order valence-electron chi connectivity index (χ1n) is 10.7. The molecule has 152 valence electrons. The fourth-order valence-electron chi connectivity index (χ4n) is 4.31. The average Bonchev–Trinajstić information content (AvgIpc) is 2.75. The highest BCUT2D eigenvalue weighted by molar-refractivity contribution is 6.30. The van der Waals surface area contributed by atoms with Gasteiger partial charge in [-0.25, -0.2) is 0 Å². The molecular weight excluding hydrogens is 366 g/mol. The number of nitrogens with zero attached hydrogens (tertiary/aromatic N) is 2. The standard InChI is InChI=1S/C24H34ClN3/c1-3-27(4-2)16-17-28-15-14-26-19-24(28)23(18-20-8-6-5-7-9-20)21-10-12-22(25)13-11-21/h5-13,23-24,26H,3-4,14-19H2,1-2H3. The third-order valence-electron chi connectivity index (χ3n) is 6.06. The van der Waals surface area contributed by atoms with Gasteiger partial charge in [-0.05, 0) is 42.8 Å². The number of halogens is 1. The molecule has 3 nitrogen and oxygen atoms in total. The maximum Gasteiger partial charge on any atom is 0.0406 e. The number of nitrogens with one attached hydrogen (secondary N) is 1. The fraction of sp³-hybridized carbons (Fsp3) is 0.500. The molecule has 0 spiro atoms. The third kappa shape index (κ3) is 5.81. The van der Waals surface area contributed by atoms with E-state index in [1.54, 1.807) is 0 Å². The minimum atomic E-state index is 0.448. The summed E-state index contributed by atoms with van der Waals surface area (Å²) in [6.07, 6.45) is 1.05. The van der Waals surface area contributed by atoms with E-state index in [0.717, 1.165) is 57.3 Å². The van der Waals surface area contributed by atoms with Crippen LogP contribution < -0.4 is 5.32 Å². The Balaban J connectivity index is 1.82. The molecule has 0 saturated carbocycles. The van der Waals surface area contributed by atoms with Gasteiger partial charge >= 0.3 is 0 Å². The molecule has 2 atom stereocenters. The summed E-state index contributed by atoms with van der Waals surface area (Å²) in [6.45, 7) is 12.3. The first-order chi connectivity index (χ1) is 13.7. The maximum atomic E-state index is 6.18. The summed E-state index contributed by atoms with van der Waals surface area (Å²) in [5.74, 6) is 0.448. The van der Waals surface area contributed by atoms with Crippen molar-refractivity contribution >= 4 is 11.6 Å². The average molecular weight is 400 g/mol. The maximum absolute atomic E-state index is 6.18. The second-order valence-corrected chi connectivity index (χ2v) is 8.12. The van der Waals surface area contributed by atoms with Crippen molar-refractivity contribution < 1.29 is 0 Å². The first kappa shape index (κ1) is 21.3. The first-order valence-corrected chi connectivity index (χ1v) is 11.1. The Morgan fingerprint density at radius 1 is 1.07 bits per heavy atom. The largest absolute Gasteiger partial charge is 0.314 e. The molecule has 0 bridgehead atoms. The summed E-state index contributed by atoms with van der Waals surface area (Å²) in [5.41, 5.74) is 2.78. The molecule has 2 aromatic rings.